The average Bonchev–Trinajstić information content (AvgIpc) is 3.09. The minimum absolute atomic E-state index is 0.140. The normalized spacial score (nSPS) is 13.5. The van der Waals surface area contributed by atoms with Crippen molar-refractivity contribution in [3.05, 3.63) is 0 Å². The fraction of sp³-hybridized carbons (Fsp3) is 0.977. The molecule has 0 fully saturated rings. The van der Waals surface area contributed by atoms with E-state index >= 15 is 0 Å². The molecular weight excluding hydrogens is 594 g/mol. The molecule has 0 heterocycles. The van der Waals surface area contributed by atoms with E-state index in [-0.39, 0.29) is 12.5 Å². The Morgan fingerprint density at radius 1 is 0.438 bits per heavy atom. The van der Waals surface area contributed by atoms with Crippen molar-refractivity contribution < 1.29 is 20.1 Å². The molecule has 0 rings (SSSR count). The second-order valence-corrected chi connectivity index (χ2v) is 15.3. The molecule has 0 aromatic heterocycles. The average molecular weight is 682 g/mol. The van der Waals surface area contributed by atoms with Crippen molar-refractivity contribution in [2.45, 2.75) is 263 Å². The van der Waals surface area contributed by atoms with E-state index in [0.29, 0.717) is 12.8 Å². The van der Waals surface area contributed by atoms with Crippen molar-refractivity contribution in [2.24, 2.45) is 0 Å². The lowest BCUT2D eigenvalue weighted by atomic mass is 9.99. The molecule has 0 aliphatic heterocycles. The second kappa shape index (κ2) is 39.1. The Labute approximate surface area is 300 Å². The largest absolute Gasteiger partial charge is 0.394 e. The van der Waals surface area contributed by atoms with E-state index in [1.165, 1.54) is 186 Å². The highest BCUT2D eigenvalue weighted by atomic mass is 16.3. The van der Waals surface area contributed by atoms with Crippen LogP contribution < -0.4 is 5.32 Å². The van der Waals surface area contributed by atoms with Gasteiger partial charge in [0, 0.05) is 6.42 Å². The van der Waals surface area contributed by atoms with Crippen LogP contribution in [-0.2, 0) is 4.79 Å². The lowest BCUT2D eigenvalue weighted by molar-refractivity contribution is -0.124. The first-order chi connectivity index (χ1) is 23.6. The Morgan fingerprint density at radius 3 is 1.00 bits per heavy atom. The molecule has 1 amide bonds. The van der Waals surface area contributed by atoms with E-state index in [2.05, 4.69) is 19.2 Å². The van der Waals surface area contributed by atoms with Gasteiger partial charge >= 0.3 is 0 Å². The summed E-state index contributed by atoms with van der Waals surface area (Å²) in [5, 5.41) is 33.5. The fourth-order valence-corrected chi connectivity index (χ4v) is 7.05. The minimum Gasteiger partial charge on any atom is -0.394 e. The molecule has 0 bridgehead atoms. The molecular formula is C43H87NO4. The van der Waals surface area contributed by atoms with Crippen LogP contribution in [0.25, 0.3) is 0 Å². The van der Waals surface area contributed by atoms with E-state index in [0.717, 1.165) is 32.1 Å². The van der Waals surface area contributed by atoms with Crippen LogP contribution in [0.5, 0.6) is 0 Å². The number of hydrogen-bond donors (Lipinski definition) is 4. The monoisotopic (exact) mass is 682 g/mol. The van der Waals surface area contributed by atoms with E-state index in [4.69, 9.17) is 0 Å². The minimum atomic E-state index is -1.13. The summed E-state index contributed by atoms with van der Waals surface area (Å²) >= 11 is 0. The Bertz CT molecular complexity index is 630. The highest BCUT2D eigenvalue weighted by Gasteiger charge is 2.26. The predicted molar refractivity (Wildman–Crippen MR) is 209 cm³/mol. The topological polar surface area (TPSA) is 89.8 Å². The summed E-state index contributed by atoms with van der Waals surface area (Å²) < 4.78 is 0. The van der Waals surface area contributed by atoms with E-state index < -0.39 is 18.2 Å². The Morgan fingerprint density at radius 2 is 0.708 bits per heavy atom. The van der Waals surface area contributed by atoms with Gasteiger partial charge in [0.2, 0.25) is 5.91 Å². The number of carbonyl (C=O) groups is 1. The number of aliphatic hydroxyl groups excluding tert-OH is 3. The third-order valence-corrected chi connectivity index (χ3v) is 10.5. The lowest BCUT2D eigenvalue weighted by Crippen LogP contribution is -2.50. The van der Waals surface area contributed by atoms with Crippen LogP contribution in [0.4, 0.5) is 0 Å². The summed E-state index contributed by atoms with van der Waals surface area (Å²) in [5.41, 5.74) is 0. The maximum Gasteiger partial charge on any atom is 0.220 e. The molecule has 3 atom stereocenters. The maximum absolute atomic E-state index is 12.4. The Kier molecular flexibility index (Phi) is 38.6. The van der Waals surface area contributed by atoms with E-state index in [1.54, 1.807) is 0 Å². The number of nitrogens with one attached hydrogen (secondary N) is 1. The van der Waals surface area contributed by atoms with Crippen LogP contribution in [-0.4, -0.2) is 46.1 Å². The van der Waals surface area contributed by atoms with Gasteiger partial charge in [0.15, 0.2) is 0 Å². The smallest absolute Gasteiger partial charge is 0.220 e. The summed E-state index contributed by atoms with van der Waals surface area (Å²) in [6.07, 6.45) is 43.5. The van der Waals surface area contributed by atoms with Crippen molar-refractivity contribution in [1.82, 2.24) is 5.32 Å². The van der Waals surface area contributed by atoms with E-state index in [1.807, 2.05) is 0 Å². The number of rotatable bonds is 40. The van der Waals surface area contributed by atoms with Gasteiger partial charge < -0.3 is 20.6 Å². The molecule has 5 nitrogen and oxygen atoms in total. The number of aliphatic hydroxyl groups is 3. The van der Waals surface area contributed by atoms with Crippen molar-refractivity contribution in [3.63, 3.8) is 0 Å². The molecule has 0 unspecified atom stereocenters. The van der Waals surface area contributed by atoms with Crippen molar-refractivity contribution in [3.8, 4) is 0 Å². The number of unbranched alkanes of at least 4 members (excludes halogenated alkanes) is 32. The molecule has 0 saturated heterocycles. The molecule has 5 heteroatoms. The quantitative estimate of drug-likeness (QED) is 0.0485. The van der Waals surface area contributed by atoms with Gasteiger partial charge in [-0.2, -0.15) is 0 Å². The van der Waals surface area contributed by atoms with Crippen LogP contribution >= 0.6 is 0 Å². The molecule has 0 aromatic carbocycles. The highest BCUT2D eigenvalue weighted by Crippen LogP contribution is 2.17. The number of hydrogen-bond acceptors (Lipinski definition) is 4. The third kappa shape index (κ3) is 33.8. The van der Waals surface area contributed by atoms with Gasteiger partial charge in [-0.15, -0.1) is 0 Å². The van der Waals surface area contributed by atoms with Gasteiger partial charge in [0.05, 0.1) is 18.8 Å². The van der Waals surface area contributed by atoms with Gasteiger partial charge in [-0.1, -0.05) is 226 Å². The summed E-state index contributed by atoms with van der Waals surface area (Å²) in [6.45, 7) is 4.19. The van der Waals surface area contributed by atoms with Crippen LogP contribution in [0.3, 0.4) is 0 Å². The molecule has 0 spiro atoms. The van der Waals surface area contributed by atoms with Gasteiger partial charge in [-0.3, -0.25) is 4.79 Å². The first-order valence-electron chi connectivity index (χ1n) is 21.8. The van der Waals surface area contributed by atoms with Gasteiger partial charge in [-0.05, 0) is 12.8 Å². The zero-order valence-corrected chi connectivity index (χ0v) is 32.6. The molecule has 0 saturated carbocycles. The zero-order valence-electron chi connectivity index (χ0n) is 32.6. The fourth-order valence-electron chi connectivity index (χ4n) is 7.05. The van der Waals surface area contributed by atoms with Crippen molar-refractivity contribution in [2.75, 3.05) is 6.61 Å². The van der Waals surface area contributed by atoms with Crippen molar-refractivity contribution in [1.29, 1.82) is 0 Å². The Balaban J connectivity index is 3.57. The molecule has 0 radical (unpaired) electrons. The van der Waals surface area contributed by atoms with Crippen LogP contribution in [0.15, 0.2) is 0 Å². The van der Waals surface area contributed by atoms with Crippen LogP contribution in [0.2, 0.25) is 0 Å². The molecule has 0 aromatic rings. The summed E-state index contributed by atoms with van der Waals surface area (Å²) in [7, 11) is 0. The predicted octanol–water partition coefficient (Wildman–Crippen LogP) is 12.3. The summed E-state index contributed by atoms with van der Waals surface area (Å²) in [5.74, 6) is -0.140. The first-order valence-corrected chi connectivity index (χ1v) is 21.8. The second-order valence-electron chi connectivity index (χ2n) is 15.3. The zero-order chi connectivity index (χ0) is 35.2. The molecule has 288 valence electrons. The van der Waals surface area contributed by atoms with Crippen LogP contribution in [0, 0.1) is 0 Å². The molecule has 0 aliphatic rings. The maximum atomic E-state index is 12.4. The van der Waals surface area contributed by atoms with Gasteiger partial charge in [0.25, 0.3) is 0 Å². The number of carbonyl (C=O) groups excluding carboxylic acids is 1. The van der Waals surface area contributed by atoms with Gasteiger partial charge in [0.1, 0.15) is 6.10 Å². The van der Waals surface area contributed by atoms with Crippen LogP contribution in [0.1, 0.15) is 245 Å². The standard InChI is InChI=1S/C43H87NO4/c1-3-5-7-9-11-13-15-17-19-20-21-22-23-24-26-28-30-32-34-36-38-42(47)44-40(39-45)43(48)41(46)37-35-33-31-29-27-25-18-16-14-12-10-8-6-4-2/h40-41,43,45-46,48H,3-39H2,1-2H3,(H,44,47)/t40-,41+,43-/m0/s1. The molecule has 4 N–H and O–H groups in total. The van der Waals surface area contributed by atoms with Crippen molar-refractivity contribution >= 4 is 5.91 Å². The third-order valence-electron chi connectivity index (χ3n) is 10.5. The molecule has 0 aliphatic carbocycles. The van der Waals surface area contributed by atoms with E-state index in [9.17, 15) is 20.1 Å². The Hall–Kier alpha value is -0.650. The first kappa shape index (κ1) is 47.4. The SMILES string of the molecule is CCCCCCCCCCCCCCCCCCCCCCC(=O)N[C@@H](CO)[C@H](O)[C@H](O)CCCCCCCCCCCCCCCC. The highest BCUT2D eigenvalue weighted by molar-refractivity contribution is 5.76. The number of amides is 1. The lowest BCUT2D eigenvalue weighted by Gasteiger charge is -2.26. The summed E-state index contributed by atoms with van der Waals surface area (Å²) in [6, 6.07) is -0.802. The molecule has 48 heavy (non-hydrogen) atoms. The van der Waals surface area contributed by atoms with Gasteiger partial charge in [-0.25, -0.2) is 0 Å². The summed E-state index contributed by atoms with van der Waals surface area (Å²) in [4.78, 5) is 12.4.